The van der Waals surface area contributed by atoms with Crippen LogP contribution >= 0.6 is 0 Å². The number of aliphatic hydroxyl groups is 1. The number of fused-ring (bicyclic) bond motifs is 1. The molecule has 2 aliphatic heterocycles. The fraction of sp³-hybridized carbons (Fsp3) is 0.381. The van der Waals surface area contributed by atoms with Gasteiger partial charge in [-0.3, -0.25) is 4.79 Å². The van der Waals surface area contributed by atoms with Crippen LogP contribution in [0.3, 0.4) is 0 Å². The van der Waals surface area contributed by atoms with Crippen molar-refractivity contribution in [1.29, 1.82) is 0 Å². The van der Waals surface area contributed by atoms with E-state index in [1.54, 1.807) is 4.90 Å². The van der Waals surface area contributed by atoms with Gasteiger partial charge >= 0.3 is 0 Å². The quantitative estimate of drug-likeness (QED) is 0.780. The fourth-order valence-electron chi connectivity index (χ4n) is 3.88. The maximum atomic E-state index is 13.2. The number of benzene rings is 2. The Kier molecular flexibility index (Phi) is 4.74. The van der Waals surface area contributed by atoms with E-state index in [2.05, 4.69) is 0 Å². The van der Waals surface area contributed by atoms with Crippen molar-refractivity contribution in [3.63, 3.8) is 0 Å². The zero-order valence-electron chi connectivity index (χ0n) is 15.1. The van der Waals surface area contributed by atoms with E-state index in [1.165, 1.54) is 0 Å². The number of nitrogens with two attached hydrogens (primary N) is 1. The third kappa shape index (κ3) is 3.15. The average molecular weight is 368 g/mol. The summed E-state index contributed by atoms with van der Waals surface area (Å²) in [5.74, 6) is -2.11. The maximum Gasteiger partial charge on any atom is 0.251 e. The van der Waals surface area contributed by atoms with E-state index in [-0.39, 0.29) is 18.9 Å². The predicted molar refractivity (Wildman–Crippen MR) is 99.3 cm³/mol. The Morgan fingerprint density at radius 3 is 2.41 bits per heavy atom. The number of likely N-dealkylation sites (tertiary alicyclic amines) is 1. The van der Waals surface area contributed by atoms with Crippen LogP contribution in [0.25, 0.3) is 0 Å². The first-order valence-corrected chi connectivity index (χ1v) is 9.17. The summed E-state index contributed by atoms with van der Waals surface area (Å²) in [5, 5.41) is 11.2. The lowest BCUT2D eigenvalue weighted by Gasteiger charge is -2.46. The highest BCUT2D eigenvalue weighted by atomic mass is 16.6. The lowest BCUT2D eigenvalue weighted by molar-refractivity contribution is -0.289. The van der Waals surface area contributed by atoms with Crippen LogP contribution in [0, 0.1) is 0 Å². The van der Waals surface area contributed by atoms with Gasteiger partial charge in [-0.05, 0) is 11.1 Å². The Morgan fingerprint density at radius 2 is 1.74 bits per heavy atom. The molecule has 2 heterocycles. The molecular formula is C21H24N2O4. The standard InChI is InChI=1S/C21H24N2O4/c22-21-18(14-23(19(21)24)13-16-7-3-1-4-8-16)26-12-11-20(21,25)27-15-17-9-5-2-6-10-17/h1-10,18,25H,11-15,22H2. The molecule has 27 heavy (non-hydrogen) atoms. The highest BCUT2D eigenvalue weighted by Gasteiger charge is 2.66. The summed E-state index contributed by atoms with van der Waals surface area (Å²) in [5.41, 5.74) is 6.80. The number of rotatable bonds is 5. The Bertz CT molecular complexity index is 800. The first-order valence-electron chi connectivity index (χ1n) is 9.17. The second-order valence-electron chi connectivity index (χ2n) is 7.21. The molecule has 2 aliphatic rings. The first kappa shape index (κ1) is 18.1. The van der Waals surface area contributed by atoms with Crippen LogP contribution in [-0.4, -0.2) is 46.5 Å². The van der Waals surface area contributed by atoms with Gasteiger partial charge in [-0.2, -0.15) is 0 Å². The topological polar surface area (TPSA) is 85.0 Å². The number of carbonyl (C=O) groups is 1. The van der Waals surface area contributed by atoms with Crippen molar-refractivity contribution in [2.45, 2.75) is 37.0 Å². The number of hydrogen-bond acceptors (Lipinski definition) is 5. The second-order valence-corrected chi connectivity index (χ2v) is 7.21. The third-order valence-corrected chi connectivity index (χ3v) is 5.48. The predicted octanol–water partition coefficient (Wildman–Crippen LogP) is 1.42. The average Bonchev–Trinajstić information content (AvgIpc) is 2.95. The van der Waals surface area contributed by atoms with E-state index in [4.69, 9.17) is 15.2 Å². The van der Waals surface area contributed by atoms with Crippen LogP contribution < -0.4 is 5.73 Å². The van der Waals surface area contributed by atoms with Crippen LogP contribution in [-0.2, 0) is 27.4 Å². The fourth-order valence-corrected chi connectivity index (χ4v) is 3.88. The van der Waals surface area contributed by atoms with Crippen molar-refractivity contribution >= 4 is 5.91 Å². The molecule has 0 aliphatic carbocycles. The summed E-state index contributed by atoms with van der Waals surface area (Å²) in [6.45, 7) is 1.23. The van der Waals surface area contributed by atoms with Crippen LogP contribution in [0.4, 0.5) is 0 Å². The highest BCUT2D eigenvalue weighted by molar-refractivity contribution is 5.91. The zero-order chi connectivity index (χ0) is 18.9. The lowest BCUT2D eigenvalue weighted by atomic mass is 9.81. The van der Waals surface area contributed by atoms with Gasteiger partial charge in [0.25, 0.3) is 5.91 Å². The van der Waals surface area contributed by atoms with Gasteiger partial charge in [0.15, 0.2) is 11.3 Å². The molecule has 2 aromatic rings. The van der Waals surface area contributed by atoms with Crippen LogP contribution in [0.15, 0.2) is 60.7 Å². The highest BCUT2D eigenvalue weighted by Crippen LogP contribution is 2.41. The summed E-state index contributed by atoms with van der Waals surface area (Å²) in [4.78, 5) is 14.8. The minimum atomic E-state index is -1.77. The monoisotopic (exact) mass is 368 g/mol. The van der Waals surface area contributed by atoms with E-state index in [0.29, 0.717) is 19.7 Å². The summed E-state index contributed by atoms with van der Waals surface area (Å²) in [7, 11) is 0. The minimum absolute atomic E-state index is 0.151. The van der Waals surface area contributed by atoms with E-state index < -0.39 is 17.4 Å². The SMILES string of the molecule is NC12C(=O)N(Cc3ccccc3)CC1OCCC2(O)OCc1ccccc1. The molecule has 0 saturated carbocycles. The molecule has 2 aromatic carbocycles. The number of hydrogen-bond donors (Lipinski definition) is 2. The molecule has 0 spiro atoms. The van der Waals surface area contributed by atoms with Crippen LogP contribution in [0.2, 0.25) is 0 Å². The molecule has 3 unspecified atom stereocenters. The first-order chi connectivity index (χ1) is 13.0. The molecule has 0 radical (unpaired) electrons. The van der Waals surface area contributed by atoms with Gasteiger partial charge in [-0.25, -0.2) is 0 Å². The van der Waals surface area contributed by atoms with E-state index >= 15 is 0 Å². The molecule has 0 aromatic heterocycles. The molecule has 2 fully saturated rings. The van der Waals surface area contributed by atoms with Gasteiger partial charge in [-0.1, -0.05) is 60.7 Å². The Morgan fingerprint density at radius 1 is 1.11 bits per heavy atom. The molecule has 0 bridgehead atoms. The van der Waals surface area contributed by atoms with Crippen LogP contribution in [0.5, 0.6) is 0 Å². The van der Waals surface area contributed by atoms with Crippen molar-refractivity contribution < 1.29 is 19.4 Å². The molecule has 2 saturated heterocycles. The van der Waals surface area contributed by atoms with Crippen LogP contribution in [0.1, 0.15) is 17.5 Å². The normalized spacial score (nSPS) is 30.4. The Balaban J connectivity index is 1.55. The van der Waals surface area contributed by atoms with Crippen molar-refractivity contribution in [1.82, 2.24) is 4.90 Å². The van der Waals surface area contributed by atoms with Crippen molar-refractivity contribution in [3.8, 4) is 0 Å². The van der Waals surface area contributed by atoms with Gasteiger partial charge in [0.05, 0.1) is 13.2 Å². The van der Waals surface area contributed by atoms with E-state index in [0.717, 1.165) is 11.1 Å². The zero-order valence-corrected chi connectivity index (χ0v) is 15.1. The maximum absolute atomic E-state index is 13.2. The summed E-state index contributed by atoms with van der Waals surface area (Å²) < 4.78 is 11.6. The molecule has 3 N–H and O–H groups in total. The molecule has 142 valence electrons. The number of carbonyl (C=O) groups excluding carboxylic acids is 1. The third-order valence-electron chi connectivity index (χ3n) is 5.48. The summed E-state index contributed by atoms with van der Waals surface area (Å²) in [6, 6.07) is 19.2. The van der Waals surface area contributed by atoms with Crippen molar-refractivity contribution in [3.05, 3.63) is 71.8 Å². The van der Waals surface area contributed by atoms with E-state index in [1.807, 2.05) is 60.7 Å². The minimum Gasteiger partial charge on any atom is -0.373 e. The molecule has 6 nitrogen and oxygen atoms in total. The van der Waals surface area contributed by atoms with Gasteiger partial charge in [0.2, 0.25) is 0 Å². The molecular weight excluding hydrogens is 344 g/mol. The molecule has 6 heteroatoms. The lowest BCUT2D eigenvalue weighted by Crippen LogP contribution is -2.73. The second kappa shape index (κ2) is 7.05. The van der Waals surface area contributed by atoms with Gasteiger partial charge in [-0.15, -0.1) is 0 Å². The van der Waals surface area contributed by atoms with E-state index in [9.17, 15) is 9.90 Å². The number of amides is 1. The Hall–Kier alpha value is -2.25. The van der Waals surface area contributed by atoms with Gasteiger partial charge in [0.1, 0.15) is 6.10 Å². The molecule has 1 amide bonds. The van der Waals surface area contributed by atoms with Crippen molar-refractivity contribution in [2.75, 3.05) is 13.2 Å². The Labute approximate surface area is 158 Å². The van der Waals surface area contributed by atoms with Gasteiger partial charge in [0, 0.05) is 19.5 Å². The molecule has 3 atom stereocenters. The van der Waals surface area contributed by atoms with Gasteiger partial charge < -0.3 is 25.2 Å². The largest absolute Gasteiger partial charge is 0.373 e. The summed E-state index contributed by atoms with van der Waals surface area (Å²) >= 11 is 0. The summed E-state index contributed by atoms with van der Waals surface area (Å²) in [6.07, 6.45) is -0.458. The number of ether oxygens (including phenoxy) is 2. The smallest absolute Gasteiger partial charge is 0.251 e. The molecule has 4 rings (SSSR count). The van der Waals surface area contributed by atoms with Crippen molar-refractivity contribution in [2.24, 2.45) is 5.73 Å². The number of nitrogens with zero attached hydrogens (tertiary/aromatic N) is 1.